The maximum Gasteiger partial charge on any atom is 0.143 e. The minimum atomic E-state index is -0.136. The molecule has 0 saturated carbocycles. The highest BCUT2D eigenvalue weighted by Gasteiger charge is 2.19. The molecule has 0 aliphatic rings. The van der Waals surface area contributed by atoms with Crippen LogP contribution in [0.5, 0.6) is 0 Å². The second-order valence-electron chi connectivity index (χ2n) is 5.41. The summed E-state index contributed by atoms with van der Waals surface area (Å²) in [6.45, 7) is 10.2. The van der Waals surface area contributed by atoms with E-state index in [9.17, 15) is 0 Å². The first-order valence-electron chi connectivity index (χ1n) is 5.85. The number of rotatable bonds is 1. The monoisotopic (exact) mass is 264 g/mol. The van der Waals surface area contributed by atoms with Crippen LogP contribution in [0.1, 0.15) is 38.0 Å². The van der Waals surface area contributed by atoms with E-state index < -0.39 is 0 Å². The van der Waals surface area contributed by atoms with Gasteiger partial charge in [-0.2, -0.15) is 0 Å². The van der Waals surface area contributed by atoms with Gasteiger partial charge in [0.05, 0.1) is 5.69 Å². The number of halogens is 1. The van der Waals surface area contributed by atoms with Crippen LogP contribution in [0.4, 0.5) is 0 Å². The van der Waals surface area contributed by atoms with Gasteiger partial charge in [0.2, 0.25) is 0 Å². The first-order chi connectivity index (χ1) is 8.29. The molecule has 2 aromatic rings. The van der Waals surface area contributed by atoms with E-state index in [-0.39, 0.29) is 5.41 Å². The third-order valence-electron chi connectivity index (χ3n) is 2.85. The van der Waals surface area contributed by atoms with Crippen LogP contribution in [0.15, 0.2) is 12.4 Å². The molecule has 0 saturated heterocycles. The summed E-state index contributed by atoms with van der Waals surface area (Å²) in [5.74, 6) is 1.49. The van der Waals surface area contributed by atoms with Gasteiger partial charge in [-0.1, -0.05) is 32.4 Å². The van der Waals surface area contributed by atoms with Crippen molar-refractivity contribution in [2.24, 2.45) is 0 Å². The smallest absolute Gasteiger partial charge is 0.143 e. The van der Waals surface area contributed by atoms with Gasteiger partial charge in [-0.25, -0.2) is 15.0 Å². The standard InChI is InChI=1S/C13H17ClN4/c1-8-9(2)18(7-15-8)11-6-10(14)16-12(17-11)13(3,4)5/h6-7H,1-5H3. The van der Waals surface area contributed by atoms with Crippen LogP contribution in [-0.4, -0.2) is 19.5 Å². The number of hydrogen-bond acceptors (Lipinski definition) is 3. The van der Waals surface area contributed by atoms with E-state index in [1.165, 1.54) is 0 Å². The van der Waals surface area contributed by atoms with Crippen LogP contribution in [0.25, 0.3) is 5.82 Å². The van der Waals surface area contributed by atoms with Crippen molar-refractivity contribution in [3.8, 4) is 5.82 Å². The summed E-state index contributed by atoms with van der Waals surface area (Å²) < 4.78 is 1.93. The van der Waals surface area contributed by atoms with Crippen LogP contribution in [-0.2, 0) is 5.41 Å². The van der Waals surface area contributed by atoms with Crippen molar-refractivity contribution < 1.29 is 0 Å². The Morgan fingerprint density at radius 1 is 1.17 bits per heavy atom. The topological polar surface area (TPSA) is 43.6 Å². The van der Waals surface area contributed by atoms with Crippen molar-refractivity contribution in [1.82, 2.24) is 19.5 Å². The Morgan fingerprint density at radius 2 is 1.83 bits per heavy atom. The maximum absolute atomic E-state index is 6.08. The highest BCUT2D eigenvalue weighted by atomic mass is 35.5. The van der Waals surface area contributed by atoms with Crippen LogP contribution in [0.3, 0.4) is 0 Å². The largest absolute Gasteiger partial charge is 0.287 e. The highest BCUT2D eigenvalue weighted by Crippen LogP contribution is 2.22. The lowest BCUT2D eigenvalue weighted by atomic mass is 9.96. The van der Waals surface area contributed by atoms with E-state index in [2.05, 4.69) is 35.7 Å². The van der Waals surface area contributed by atoms with Crippen molar-refractivity contribution in [1.29, 1.82) is 0 Å². The predicted octanol–water partition coefficient (Wildman–Crippen LogP) is 3.23. The Morgan fingerprint density at radius 3 is 2.33 bits per heavy atom. The van der Waals surface area contributed by atoms with Gasteiger partial charge in [0.15, 0.2) is 0 Å². The molecule has 0 spiro atoms. The molecular formula is C13H17ClN4. The second-order valence-corrected chi connectivity index (χ2v) is 5.80. The fraction of sp³-hybridized carbons (Fsp3) is 0.462. The van der Waals surface area contributed by atoms with Crippen molar-refractivity contribution in [2.75, 3.05) is 0 Å². The van der Waals surface area contributed by atoms with E-state index in [0.717, 1.165) is 23.0 Å². The lowest BCUT2D eigenvalue weighted by Gasteiger charge is -2.17. The number of aryl methyl sites for hydroxylation is 1. The summed E-state index contributed by atoms with van der Waals surface area (Å²) >= 11 is 6.08. The van der Waals surface area contributed by atoms with Gasteiger partial charge in [-0.3, -0.25) is 4.57 Å². The Balaban J connectivity index is 2.59. The Kier molecular flexibility index (Phi) is 3.15. The number of aromatic nitrogens is 4. The molecule has 0 aromatic carbocycles. The summed E-state index contributed by atoms with van der Waals surface area (Å²) in [7, 11) is 0. The average Bonchev–Trinajstić information content (AvgIpc) is 2.58. The first-order valence-corrected chi connectivity index (χ1v) is 6.23. The third-order valence-corrected chi connectivity index (χ3v) is 3.04. The molecule has 0 aliphatic carbocycles. The number of hydrogen-bond donors (Lipinski definition) is 0. The molecule has 96 valence electrons. The van der Waals surface area contributed by atoms with Crippen molar-refractivity contribution in [2.45, 2.75) is 40.0 Å². The zero-order valence-electron chi connectivity index (χ0n) is 11.3. The van der Waals surface area contributed by atoms with Crippen molar-refractivity contribution in [3.63, 3.8) is 0 Å². The second kappa shape index (κ2) is 4.35. The summed E-state index contributed by atoms with van der Waals surface area (Å²) in [6, 6.07) is 1.75. The van der Waals surface area contributed by atoms with Gasteiger partial charge in [0, 0.05) is 17.2 Å². The number of nitrogens with zero attached hydrogens (tertiary/aromatic N) is 4. The van der Waals surface area contributed by atoms with Gasteiger partial charge in [-0.15, -0.1) is 0 Å². The fourth-order valence-electron chi connectivity index (χ4n) is 1.59. The van der Waals surface area contributed by atoms with Gasteiger partial charge in [0.25, 0.3) is 0 Å². The molecule has 2 rings (SSSR count). The van der Waals surface area contributed by atoms with Gasteiger partial charge in [0.1, 0.15) is 23.1 Å². The zero-order valence-corrected chi connectivity index (χ0v) is 12.1. The highest BCUT2D eigenvalue weighted by molar-refractivity contribution is 6.29. The molecule has 0 atom stereocenters. The van der Waals surface area contributed by atoms with E-state index in [1.54, 1.807) is 12.4 Å². The summed E-state index contributed by atoms with van der Waals surface area (Å²) in [5, 5.41) is 0.454. The van der Waals surface area contributed by atoms with Crippen LogP contribution < -0.4 is 0 Å². The summed E-state index contributed by atoms with van der Waals surface area (Å²) in [4.78, 5) is 13.1. The molecule has 2 aromatic heterocycles. The van der Waals surface area contributed by atoms with Crippen LogP contribution in [0.2, 0.25) is 5.15 Å². The SMILES string of the molecule is Cc1ncn(-c2cc(Cl)nc(C(C)(C)C)n2)c1C. The van der Waals surface area contributed by atoms with E-state index in [4.69, 9.17) is 11.6 Å². The molecule has 0 aliphatic heterocycles. The zero-order chi connectivity index (χ0) is 13.5. The quantitative estimate of drug-likeness (QED) is 0.743. The lowest BCUT2D eigenvalue weighted by Crippen LogP contribution is -2.17. The normalized spacial score (nSPS) is 11.9. The summed E-state index contributed by atoms with van der Waals surface area (Å²) in [6.07, 6.45) is 1.76. The average molecular weight is 265 g/mol. The lowest BCUT2D eigenvalue weighted by molar-refractivity contribution is 0.543. The Hall–Kier alpha value is -1.42. The Bertz CT molecular complexity index is 581. The minimum Gasteiger partial charge on any atom is -0.287 e. The van der Waals surface area contributed by atoms with Gasteiger partial charge in [-0.05, 0) is 13.8 Å². The van der Waals surface area contributed by atoms with Crippen LogP contribution in [0, 0.1) is 13.8 Å². The molecule has 0 radical (unpaired) electrons. The van der Waals surface area contributed by atoms with Crippen molar-refractivity contribution in [3.05, 3.63) is 34.8 Å². The molecule has 5 heteroatoms. The molecule has 0 unspecified atom stereocenters. The summed E-state index contributed by atoms with van der Waals surface area (Å²) in [5.41, 5.74) is 1.91. The molecule has 0 amide bonds. The fourth-order valence-corrected chi connectivity index (χ4v) is 1.77. The molecular weight excluding hydrogens is 248 g/mol. The third kappa shape index (κ3) is 2.38. The number of imidazole rings is 1. The molecule has 4 nitrogen and oxygen atoms in total. The van der Waals surface area contributed by atoms with Crippen molar-refractivity contribution >= 4 is 11.6 Å². The molecule has 0 N–H and O–H groups in total. The van der Waals surface area contributed by atoms with Crippen LogP contribution >= 0.6 is 11.6 Å². The molecule has 0 bridgehead atoms. The molecule has 0 fully saturated rings. The van der Waals surface area contributed by atoms with E-state index in [0.29, 0.717) is 5.15 Å². The molecule has 18 heavy (non-hydrogen) atoms. The Labute approximate surface area is 112 Å². The van der Waals surface area contributed by atoms with Gasteiger partial charge >= 0.3 is 0 Å². The predicted molar refractivity (Wildman–Crippen MR) is 72.3 cm³/mol. The minimum absolute atomic E-state index is 0.136. The van der Waals surface area contributed by atoms with E-state index in [1.807, 2.05) is 18.4 Å². The maximum atomic E-state index is 6.08. The molecule has 2 heterocycles. The first kappa shape index (κ1) is 13.0. The van der Waals surface area contributed by atoms with E-state index >= 15 is 0 Å². The van der Waals surface area contributed by atoms with Gasteiger partial charge < -0.3 is 0 Å².